The van der Waals surface area contributed by atoms with Crippen LogP contribution in [0.1, 0.15) is 47.5 Å². The lowest BCUT2D eigenvalue weighted by atomic mass is 10.2. The average molecular weight is 216 g/mol. The molecule has 0 spiro atoms. The molecule has 0 aromatic carbocycles. The molecule has 1 saturated heterocycles. The van der Waals surface area contributed by atoms with E-state index in [0.29, 0.717) is 0 Å². The van der Waals surface area contributed by atoms with Crippen LogP contribution in [0, 0.1) is 0 Å². The summed E-state index contributed by atoms with van der Waals surface area (Å²) in [5.41, 5.74) is 4.96. The first kappa shape index (κ1) is 16.7. The molecule has 3 N–H and O–H groups in total. The molecule has 1 aliphatic rings. The summed E-state index contributed by atoms with van der Waals surface area (Å²) in [7, 11) is 0. The van der Waals surface area contributed by atoms with Crippen molar-refractivity contribution in [2.45, 2.75) is 53.1 Å². The smallest absolute Gasteiger partial charge is 0.177 e. The van der Waals surface area contributed by atoms with Crippen molar-refractivity contribution in [1.82, 2.24) is 5.32 Å². The Labute approximate surface area is 95.1 Å². The zero-order chi connectivity index (χ0) is 12.3. The van der Waals surface area contributed by atoms with Crippen LogP contribution >= 0.6 is 0 Å². The summed E-state index contributed by atoms with van der Waals surface area (Å²) >= 11 is 0. The SMILES string of the molecule is C1CCNC1.C=C(N)OC(C)(C)C.CC. The van der Waals surface area contributed by atoms with Gasteiger partial charge in [0.15, 0.2) is 5.88 Å². The Morgan fingerprint density at radius 3 is 1.67 bits per heavy atom. The monoisotopic (exact) mass is 216 g/mol. The maximum absolute atomic E-state index is 5.16. The standard InChI is InChI=1S/C6H13NO.C4H9N.C2H6/c1-5(7)8-6(2,3)4;1-2-4-5-3-1;1-2/h1,7H2,2-4H3;5H,1-4H2;1-2H3. The predicted molar refractivity (Wildman–Crippen MR) is 67.6 cm³/mol. The summed E-state index contributed by atoms with van der Waals surface area (Å²) < 4.78 is 5.02. The van der Waals surface area contributed by atoms with Crippen LogP contribution in [-0.4, -0.2) is 18.7 Å². The summed E-state index contributed by atoms with van der Waals surface area (Å²) in [4.78, 5) is 0. The predicted octanol–water partition coefficient (Wildman–Crippen LogP) is 2.63. The number of ether oxygens (including phenoxy) is 1. The fourth-order valence-electron chi connectivity index (χ4n) is 1.02. The Kier molecular flexibility index (Phi) is 11.0. The van der Waals surface area contributed by atoms with Gasteiger partial charge in [0.2, 0.25) is 0 Å². The maximum atomic E-state index is 5.16. The first-order valence-corrected chi connectivity index (χ1v) is 5.76. The van der Waals surface area contributed by atoms with Gasteiger partial charge < -0.3 is 15.8 Å². The minimum Gasteiger partial charge on any atom is -0.474 e. The molecule has 0 atom stereocenters. The fourth-order valence-corrected chi connectivity index (χ4v) is 1.02. The normalized spacial score (nSPS) is 14.2. The van der Waals surface area contributed by atoms with Gasteiger partial charge in [-0.2, -0.15) is 0 Å². The number of hydrogen-bond donors (Lipinski definition) is 2. The van der Waals surface area contributed by atoms with E-state index in [1.165, 1.54) is 25.9 Å². The van der Waals surface area contributed by atoms with E-state index in [4.69, 9.17) is 10.5 Å². The largest absolute Gasteiger partial charge is 0.474 e. The quantitative estimate of drug-likeness (QED) is 0.662. The van der Waals surface area contributed by atoms with E-state index in [0.717, 1.165) is 0 Å². The second-order valence-electron chi connectivity index (χ2n) is 4.14. The van der Waals surface area contributed by atoms with Crippen molar-refractivity contribution in [3.63, 3.8) is 0 Å². The molecular formula is C12H28N2O. The topological polar surface area (TPSA) is 47.3 Å². The molecule has 0 aromatic heterocycles. The van der Waals surface area contributed by atoms with Crippen molar-refractivity contribution in [3.05, 3.63) is 12.5 Å². The van der Waals surface area contributed by atoms with Gasteiger partial charge in [-0.15, -0.1) is 0 Å². The average Bonchev–Trinajstić information content (AvgIpc) is 2.59. The summed E-state index contributed by atoms with van der Waals surface area (Å²) in [6, 6.07) is 0. The molecular weight excluding hydrogens is 188 g/mol. The van der Waals surface area contributed by atoms with Crippen molar-refractivity contribution in [2.75, 3.05) is 13.1 Å². The molecule has 1 rings (SSSR count). The molecule has 1 aliphatic heterocycles. The van der Waals surface area contributed by atoms with Crippen molar-refractivity contribution in [3.8, 4) is 0 Å². The lowest BCUT2D eigenvalue weighted by Gasteiger charge is -2.19. The van der Waals surface area contributed by atoms with Gasteiger partial charge in [-0.05, 0) is 53.3 Å². The van der Waals surface area contributed by atoms with Crippen LogP contribution in [0.3, 0.4) is 0 Å². The molecule has 0 amide bonds. The van der Waals surface area contributed by atoms with Gasteiger partial charge in [0.25, 0.3) is 0 Å². The Bertz CT molecular complexity index is 139. The Morgan fingerprint density at radius 2 is 1.60 bits per heavy atom. The molecule has 0 aliphatic carbocycles. The minimum atomic E-state index is -0.203. The summed E-state index contributed by atoms with van der Waals surface area (Å²) in [5.74, 6) is 0.275. The molecule has 0 saturated carbocycles. The van der Waals surface area contributed by atoms with Crippen LogP contribution in [0.2, 0.25) is 0 Å². The number of rotatable bonds is 1. The van der Waals surface area contributed by atoms with Gasteiger partial charge in [-0.25, -0.2) is 0 Å². The highest BCUT2D eigenvalue weighted by Crippen LogP contribution is 2.08. The van der Waals surface area contributed by atoms with Gasteiger partial charge in [-0.3, -0.25) is 0 Å². The molecule has 3 heteroatoms. The summed E-state index contributed by atoms with van der Waals surface area (Å²) in [5, 5.41) is 3.22. The van der Waals surface area contributed by atoms with Crippen LogP contribution in [0.5, 0.6) is 0 Å². The van der Waals surface area contributed by atoms with Crippen molar-refractivity contribution >= 4 is 0 Å². The number of nitrogens with one attached hydrogen (secondary N) is 1. The van der Waals surface area contributed by atoms with Crippen LogP contribution in [0.25, 0.3) is 0 Å². The fraction of sp³-hybridized carbons (Fsp3) is 0.833. The molecule has 0 bridgehead atoms. The first-order chi connectivity index (χ1) is 6.92. The second-order valence-corrected chi connectivity index (χ2v) is 4.14. The highest BCUT2D eigenvalue weighted by Gasteiger charge is 2.09. The van der Waals surface area contributed by atoms with E-state index >= 15 is 0 Å². The minimum absolute atomic E-state index is 0.203. The van der Waals surface area contributed by atoms with E-state index in [9.17, 15) is 0 Å². The van der Waals surface area contributed by atoms with Crippen LogP contribution < -0.4 is 11.1 Å². The first-order valence-electron chi connectivity index (χ1n) is 5.76. The summed E-state index contributed by atoms with van der Waals surface area (Å²) in [6.07, 6.45) is 2.78. The molecule has 1 heterocycles. The Morgan fingerprint density at radius 1 is 1.20 bits per heavy atom. The van der Waals surface area contributed by atoms with E-state index in [-0.39, 0.29) is 11.5 Å². The molecule has 0 unspecified atom stereocenters. The van der Waals surface area contributed by atoms with Crippen LogP contribution in [0.4, 0.5) is 0 Å². The van der Waals surface area contributed by atoms with Gasteiger partial charge in [0.1, 0.15) is 5.60 Å². The van der Waals surface area contributed by atoms with Gasteiger partial charge >= 0.3 is 0 Å². The third kappa shape index (κ3) is 19.6. The van der Waals surface area contributed by atoms with Gasteiger partial charge in [0, 0.05) is 0 Å². The van der Waals surface area contributed by atoms with Crippen molar-refractivity contribution < 1.29 is 4.74 Å². The van der Waals surface area contributed by atoms with E-state index in [2.05, 4.69) is 11.9 Å². The van der Waals surface area contributed by atoms with Gasteiger partial charge in [0.05, 0.1) is 0 Å². The molecule has 0 radical (unpaired) electrons. The Balaban J connectivity index is 0. The highest BCUT2D eigenvalue weighted by molar-refractivity contribution is 4.76. The second kappa shape index (κ2) is 9.84. The lowest BCUT2D eigenvalue weighted by molar-refractivity contribution is 0.0515. The third-order valence-corrected chi connectivity index (χ3v) is 1.39. The zero-order valence-corrected chi connectivity index (χ0v) is 11.0. The lowest BCUT2D eigenvalue weighted by Crippen LogP contribution is -2.21. The molecule has 0 aromatic rings. The molecule has 3 nitrogen and oxygen atoms in total. The van der Waals surface area contributed by atoms with Gasteiger partial charge in [-0.1, -0.05) is 13.8 Å². The van der Waals surface area contributed by atoms with Crippen molar-refractivity contribution in [2.24, 2.45) is 5.73 Å². The zero-order valence-electron chi connectivity index (χ0n) is 11.0. The molecule has 1 fully saturated rings. The summed E-state index contributed by atoms with van der Waals surface area (Å²) in [6.45, 7) is 15.7. The van der Waals surface area contributed by atoms with E-state index < -0.39 is 0 Å². The third-order valence-electron chi connectivity index (χ3n) is 1.39. The van der Waals surface area contributed by atoms with Crippen LogP contribution in [-0.2, 0) is 4.74 Å². The Hall–Kier alpha value is -0.700. The molecule has 15 heavy (non-hydrogen) atoms. The van der Waals surface area contributed by atoms with E-state index in [1.54, 1.807) is 0 Å². The molecule has 92 valence electrons. The highest BCUT2D eigenvalue weighted by atomic mass is 16.5. The van der Waals surface area contributed by atoms with Crippen LogP contribution in [0.15, 0.2) is 12.5 Å². The maximum Gasteiger partial charge on any atom is 0.177 e. The van der Waals surface area contributed by atoms with E-state index in [1.807, 2.05) is 34.6 Å². The van der Waals surface area contributed by atoms with Crippen molar-refractivity contribution in [1.29, 1.82) is 0 Å². The number of hydrogen-bond acceptors (Lipinski definition) is 3. The number of nitrogens with two attached hydrogens (primary N) is 1.